The van der Waals surface area contributed by atoms with Crippen molar-refractivity contribution in [2.24, 2.45) is 5.92 Å². The van der Waals surface area contributed by atoms with Crippen LogP contribution in [0.3, 0.4) is 0 Å². The lowest BCUT2D eigenvalue weighted by atomic mass is 10.0. The van der Waals surface area contributed by atoms with Crippen LogP contribution in [0.2, 0.25) is 0 Å². The summed E-state index contributed by atoms with van der Waals surface area (Å²) in [6, 6.07) is 5.72. The fourth-order valence-electron chi connectivity index (χ4n) is 2.34. The molecule has 0 saturated carbocycles. The maximum absolute atomic E-state index is 12.4. The minimum atomic E-state index is -0.438. The molecule has 0 heterocycles. The van der Waals surface area contributed by atoms with Crippen LogP contribution in [0.1, 0.15) is 29.8 Å². The zero-order chi connectivity index (χ0) is 13.1. The van der Waals surface area contributed by atoms with Gasteiger partial charge in [-0.2, -0.15) is 0 Å². The predicted molar refractivity (Wildman–Crippen MR) is 72.7 cm³/mol. The highest BCUT2D eigenvalue weighted by atomic mass is 79.9. The first-order chi connectivity index (χ1) is 8.69. The van der Waals surface area contributed by atoms with E-state index in [4.69, 9.17) is 9.47 Å². The molecule has 1 aromatic carbocycles. The second kappa shape index (κ2) is 5.95. The summed E-state index contributed by atoms with van der Waals surface area (Å²) in [5, 5.41) is 0. The molecule has 1 atom stereocenters. The number of hydrogen-bond donors (Lipinski definition) is 0. The Hall–Kier alpha value is -0.710. The summed E-state index contributed by atoms with van der Waals surface area (Å²) in [4.78, 5) is 12.4. The number of ketones is 1. The highest BCUT2D eigenvalue weighted by molar-refractivity contribution is 9.10. The molecule has 1 unspecified atom stereocenters. The second-order valence-electron chi connectivity index (χ2n) is 4.22. The molecule has 0 aliphatic heterocycles. The van der Waals surface area contributed by atoms with Crippen molar-refractivity contribution in [1.82, 2.24) is 0 Å². The minimum Gasteiger partial charge on any atom is -0.352 e. The van der Waals surface area contributed by atoms with Gasteiger partial charge in [0.25, 0.3) is 0 Å². The van der Waals surface area contributed by atoms with Gasteiger partial charge in [0, 0.05) is 23.2 Å². The van der Waals surface area contributed by atoms with Crippen molar-refractivity contribution in [2.75, 3.05) is 13.2 Å². The highest BCUT2D eigenvalue weighted by Crippen LogP contribution is 2.34. The van der Waals surface area contributed by atoms with Gasteiger partial charge < -0.3 is 9.47 Å². The minimum absolute atomic E-state index is 0.123. The standard InChI is InChI=1S/C14H17BrO3/c1-3-17-14(18-4-2)11-8-10-9(13(11)16)6-5-7-12(10)15/h5-7,11,14H,3-4,8H2,1-2H3. The van der Waals surface area contributed by atoms with E-state index >= 15 is 0 Å². The SMILES string of the molecule is CCOC(OCC)C1Cc2c(Br)cccc2C1=O. The molecule has 0 fully saturated rings. The van der Waals surface area contributed by atoms with Crippen molar-refractivity contribution in [3.63, 3.8) is 0 Å². The first-order valence-corrected chi connectivity index (χ1v) is 7.03. The lowest BCUT2D eigenvalue weighted by molar-refractivity contribution is -0.156. The molecule has 1 aliphatic carbocycles. The molecule has 0 aromatic heterocycles. The Morgan fingerprint density at radius 3 is 2.56 bits per heavy atom. The molecular formula is C14H17BrO3. The molecule has 1 aromatic rings. The largest absolute Gasteiger partial charge is 0.352 e. The van der Waals surface area contributed by atoms with Crippen molar-refractivity contribution < 1.29 is 14.3 Å². The van der Waals surface area contributed by atoms with Gasteiger partial charge in [0.1, 0.15) is 0 Å². The maximum atomic E-state index is 12.4. The highest BCUT2D eigenvalue weighted by Gasteiger charge is 2.38. The van der Waals surface area contributed by atoms with Crippen molar-refractivity contribution in [2.45, 2.75) is 26.6 Å². The molecule has 4 heteroatoms. The van der Waals surface area contributed by atoms with E-state index in [-0.39, 0.29) is 11.7 Å². The molecule has 0 saturated heterocycles. The van der Waals surface area contributed by atoms with Crippen LogP contribution in [-0.2, 0) is 15.9 Å². The fraction of sp³-hybridized carbons (Fsp3) is 0.500. The third-order valence-corrected chi connectivity index (χ3v) is 3.88. The topological polar surface area (TPSA) is 35.5 Å². The van der Waals surface area contributed by atoms with Gasteiger partial charge in [0.2, 0.25) is 0 Å². The Bertz CT molecular complexity index is 439. The third kappa shape index (κ3) is 2.51. The number of carbonyl (C=O) groups excluding carboxylic acids is 1. The average molecular weight is 313 g/mol. The Kier molecular flexibility index (Phi) is 4.54. The number of fused-ring (bicyclic) bond motifs is 1. The molecule has 18 heavy (non-hydrogen) atoms. The van der Waals surface area contributed by atoms with Gasteiger partial charge in [-0.1, -0.05) is 28.1 Å². The number of carbonyl (C=O) groups is 1. The van der Waals surface area contributed by atoms with E-state index in [0.717, 1.165) is 15.6 Å². The average Bonchev–Trinajstić information content (AvgIpc) is 2.69. The van der Waals surface area contributed by atoms with Gasteiger partial charge in [-0.05, 0) is 31.9 Å². The van der Waals surface area contributed by atoms with Crippen LogP contribution >= 0.6 is 15.9 Å². The molecule has 0 spiro atoms. The van der Waals surface area contributed by atoms with Crippen molar-refractivity contribution in [1.29, 1.82) is 0 Å². The summed E-state index contributed by atoms with van der Waals surface area (Å²) in [6.45, 7) is 4.92. The lowest BCUT2D eigenvalue weighted by Gasteiger charge is -2.21. The van der Waals surface area contributed by atoms with Crippen molar-refractivity contribution >= 4 is 21.7 Å². The molecule has 0 radical (unpaired) electrons. The van der Waals surface area contributed by atoms with Crippen LogP contribution in [0.4, 0.5) is 0 Å². The molecule has 0 amide bonds. The smallest absolute Gasteiger partial charge is 0.171 e. The summed E-state index contributed by atoms with van der Waals surface area (Å²) < 4.78 is 12.1. The summed E-state index contributed by atoms with van der Waals surface area (Å²) in [7, 11) is 0. The van der Waals surface area contributed by atoms with E-state index in [1.807, 2.05) is 32.0 Å². The summed E-state index contributed by atoms with van der Waals surface area (Å²) in [5.41, 5.74) is 1.86. The Labute approximate surface area is 116 Å². The van der Waals surface area contributed by atoms with Gasteiger partial charge in [0.15, 0.2) is 12.1 Å². The molecule has 0 N–H and O–H groups in total. The first-order valence-electron chi connectivity index (χ1n) is 6.23. The Morgan fingerprint density at radius 1 is 1.33 bits per heavy atom. The van der Waals surface area contributed by atoms with Crippen molar-refractivity contribution in [3.05, 3.63) is 33.8 Å². The number of halogens is 1. The second-order valence-corrected chi connectivity index (χ2v) is 5.07. The van der Waals surface area contributed by atoms with E-state index in [1.165, 1.54) is 0 Å². The van der Waals surface area contributed by atoms with Crippen LogP contribution in [0.15, 0.2) is 22.7 Å². The van der Waals surface area contributed by atoms with E-state index in [9.17, 15) is 4.79 Å². The molecule has 2 rings (SSSR count). The summed E-state index contributed by atoms with van der Waals surface area (Å²) >= 11 is 3.50. The normalized spacial score (nSPS) is 18.4. The zero-order valence-corrected chi connectivity index (χ0v) is 12.2. The fourth-order valence-corrected chi connectivity index (χ4v) is 2.87. The predicted octanol–water partition coefficient (Wildman–Crippen LogP) is 3.20. The van der Waals surface area contributed by atoms with Crippen LogP contribution < -0.4 is 0 Å². The third-order valence-electron chi connectivity index (χ3n) is 3.14. The van der Waals surface area contributed by atoms with Gasteiger partial charge in [-0.3, -0.25) is 4.79 Å². The van der Waals surface area contributed by atoms with E-state index in [2.05, 4.69) is 15.9 Å². The van der Waals surface area contributed by atoms with Gasteiger partial charge >= 0.3 is 0 Å². The number of Topliss-reactive ketones (excluding diaryl/α,β-unsaturated/α-hetero) is 1. The molecule has 3 nitrogen and oxygen atoms in total. The summed E-state index contributed by atoms with van der Waals surface area (Å²) in [5.74, 6) is -0.100. The molecular weight excluding hydrogens is 296 g/mol. The Balaban J connectivity index is 2.24. The number of rotatable bonds is 5. The van der Waals surface area contributed by atoms with Crippen molar-refractivity contribution in [3.8, 4) is 0 Å². The first kappa shape index (κ1) is 13.7. The molecule has 98 valence electrons. The van der Waals surface area contributed by atoms with Gasteiger partial charge in [-0.15, -0.1) is 0 Å². The van der Waals surface area contributed by atoms with E-state index in [1.54, 1.807) is 0 Å². The molecule has 1 aliphatic rings. The van der Waals surface area contributed by atoms with Crippen LogP contribution in [0.25, 0.3) is 0 Å². The van der Waals surface area contributed by atoms with Crippen LogP contribution in [0, 0.1) is 5.92 Å². The van der Waals surface area contributed by atoms with Crippen LogP contribution in [-0.4, -0.2) is 25.3 Å². The van der Waals surface area contributed by atoms with Gasteiger partial charge in [0.05, 0.1) is 5.92 Å². The van der Waals surface area contributed by atoms with Gasteiger partial charge in [-0.25, -0.2) is 0 Å². The lowest BCUT2D eigenvalue weighted by Crippen LogP contribution is -2.31. The zero-order valence-electron chi connectivity index (χ0n) is 10.6. The quantitative estimate of drug-likeness (QED) is 0.783. The molecule has 0 bridgehead atoms. The van der Waals surface area contributed by atoms with E-state index in [0.29, 0.717) is 19.6 Å². The number of hydrogen-bond acceptors (Lipinski definition) is 3. The number of ether oxygens (including phenoxy) is 2. The monoisotopic (exact) mass is 312 g/mol. The maximum Gasteiger partial charge on any atom is 0.171 e. The van der Waals surface area contributed by atoms with Crippen LogP contribution in [0.5, 0.6) is 0 Å². The number of benzene rings is 1. The summed E-state index contributed by atoms with van der Waals surface area (Å²) in [6.07, 6.45) is 0.243. The Morgan fingerprint density at radius 2 is 2.00 bits per heavy atom. The van der Waals surface area contributed by atoms with E-state index < -0.39 is 6.29 Å².